The number of nitrogens with one attached hydrogen (secondary N) is 1. The van der Waals surface area contributed by atoms with Crippen LogP contribution in [0.3, 0.4) is 0 Å². The zero-order chi connectivity index (χ0) is 15.9. The molecule has 22 heavy (non-hydrogen) atoms. The fourth-order valence-electron chi connectivity index (χ4n) is 1.73. The second kappa shape index (κ2) is 7.16. The van der Waals surface area contributed by atoms with Gasteiger partial charge in [0.2, 0.25) is 0 Å². The molecule has 2 aromatic carbocycles. The summed E-state index contributed by atoms with van der Waals surface area (Å²) in [6.07, 6.45) is 1.27. The summed E-state index contributed by atoms with van der Waals surface area (Å²) >= 11 is 0. The Hall–Kier alpha value is -2.96. The number of hydrogen-bond donors (Lipinski definition) is 2. The number of carbonyl (C=O) groups is 1. The van der Waals surface area contributed by atoms with Crippen molar-refractivity contribution in [2.45, 2.75) is 6.61 Å². The van der Waals surface area contributed by atoms with Gasteiger partial charge in [-0.05, 0) is 24.3 Å². The van der Waals surface area contributed by atoms with Crippen LogP contribution in [-0.4, -0.2) is 23.9 Å². The molecule has 0 spiro atoms. The average Bonchev–Trinajstić information content (AvgIpc) is 2.49. The zero-order valence-electron chi connectivity index (χ0n) is 11.2. The number of carboxylic acids is 1. The normalized spacial score (nSPS) is 10.9. The first kappa shape index (κ1) is 15.4. The molecule has 0 amide bonds. The highest BCUT2D eigenvalue weighted by molar-refractivity contribution is 5.94. The van der Waals surface area contributed by atoms with Gasteiger partial charge in [-0.3, -0.25) is 5.43 Å². The van der Waals surface area contributed by atoms with Gasteiger partial charge < -0.3 is 9.84 Å². The largest absolute Gasteiger partial charge is 0.478 e. The van der Waals surface area contributed by atoms with Crippen LogP contribution < -0.4 is 10.2 Å². The molecule has 0 aromatic heterocycles. The van der Waals surface area contributed by atoms with Crippen LogP contribution in [0.5, 0.6) is 5.75 Å². The van der Waals surface area contributed by atoms with Gasteiger partial charge in [-0.2, -0.15) is 13.9 Å². The molecule has 0 saturated carbocycles. The Balaban J connectivity index is 2.15. The molecule has 0 heterocycles. The Morgan fingerprint density at radius 3 is 2.59 bits per heavy atom. The van der Waals surface area contributed by atoms with Gasteiger partial charge in [0.25, 0.3) is 0 Å². The smallest absolute Gasteiger partial charge is 0.387 e. The molecule has 0 bridgehead atoms. The van der Waals surface area contributed by atoms with E-state index in [0.717, 1.165) is 0 Å². The maximum absolute atomic E-state index is 12.3. The first-order chi connectivity index (χ1) is 10.6. The van der Waals surface area contributed by atoms with E-state index in [2.05, 4.69) is 15.3 Å². The van der Waals surface area contributed by atoms with Crippen LogP contribution in [0.15, 0.2) is 53.6 Å². The van der Waals surface area contributed by atoms with E-state index < -0.39 is 12.6 Å². The molecule has 0 aliphatic carbocycles. The van der Waals surface area contributed by atoms with Crippen molar-refractivity contribution in [3.05, 3.63) is 59.7 Å². The van der Waals surface area contributed by atoms with Crippen LogP contribution >= 0.6 is 0 Å². The van der Waals surface area contributed by atoms with Gasteiger partial charge in [0.1, 0.15) is 5.75 Å². The van der Waals surface area contributed by atoms with Gasteiger partial charge in [0.15, 0.2) is 0 Å². The van der Waals surface area contributed by atoms with Crippen LogP contribution in [0.4, 0.5) is 14.5 Å². The van der Waals surface area contributed by atoms with Crippen molar-refractivity contribution in [1.29, 1.82) is 0 Å². The molecule has 2 N–H and O–H groups in total. The number of hydrazone groups is 1. The number of carboxylic acid groups (broad SMARTS) is 1. The van der Waals surface area contributed by atoms with Crippen LogP contribution in [-0.2, 0) is 0 Å². The number of hydrogen-bond acceptors (Lipinski definition) is 4. The van der Waals surface area contributed by atoms with E-state index >= 15 is 0 Å². The molecule has 0 aliphatic heterocycles. The molecule has 0 radical (unpaired) electrons. The van der Waals surface area contributed by atoms with Crippen LogP contribution in [0, 0.1) is 0 Å². The molecule has 2 rings (SSSR count). The third kappa shape index (κ3) is 4.02. The molecular formula is C15H12F2N2O3. The topological polar surface area (TPSA) is 70.9 Å². The monoisotopic (exact) mass is 306 g/mol. The van der Waals surface area contributed by atoms with E-state index in [4.69, 9.17) is 5.11 Å². The van der Waals surface area contributed by atoms with Gasteiger partial charge in [0, 0.05) is 5.56 Å². The lowest BCUT2D eigenvalue weighted by Crippen LogP contribution is -2.05. The average molecular weight is 306 g/mol. The predicted molar refractivity (Wildman–Crippen MR) is 77.7 cm³/mol. The number of alkyl halides is 2. The minimum absolute atomic E-state index is 0.0189. The summed E-state index contributed by atoms with van der Waals surface area (Å²) in [4.78, 5) is 11.0. The van der Waals surface area contributed by atoms with Crippen molar-refractivity contribution >= 4 is 17.9 Å². The third-order valence-electron chi connectivity index (χ3n) is 2.68. The first-order valence-electron chi connectivity index (χ1n) is 6.23. The van der Waals surface area contributed by atoms with E-state index in [9.17, 15) is 13.6 Å². The van der Waals surface area contributed by atoms with Gasteiger partial charge >= 0.3 is 12.6 Å². The van der Waals surface area contributed by atoms with Crippen molar-refractivity contribution in [3.63, 3.8) is 0 Å². The summed E-state index contributed by atoms with van der Waals surface area (Å²) in [6, 6.07) is 12.3. The maximum Gasteiger partial charge on any atom is 0.387 e. The van der Waals surface area contributed by atoms with E-state index in [-0.39, 0.29) is 11.3 Å². The minimum atomic E-state index is -2.93. The molecule has 7 heteroatoms. The number of ether oxygens (including phenoxy) is 1. The lowest BCUT2D eigenvalue weighted by atomic mass is 10.2. The molecule has 0 fully saturated rings. The number of nitrogens with zero attached hydrogens (tertiary/aromatic N) is 1. The van der Waals surface area contributed by atoms with Crippen molar-refractivity contribution in [1.82, 2.24) is 0 Å². The molecule has 0 saturated heterocycles. The van der Waals surface area contributed by atoms with E-state index in [0.29, 0.717) is 11.3 Å². The molecule has 2 aromatic rings. The van der Waals surface area contributed by atoms with Crippen molar-refractivity contribution in [3.8, 4) is 5.75 Å². The zero-order valence-corrected chi connectivity index (χ0v) is 11.2. The Kier molecular flexibility index (Phi) is 5.02. The number of rotatable bonds is 6. The lowest BCUT2D eigenvalue weighted by Gasteiger charge is -2.07. The van der Waals surface area contributed by atoms with Gasteiger partial charge in [-0.15, -0.1) is 0 Å². The third-order valence-corrected chi connectivity index (χ3v) is 2.68. The quantitative estimate of drug-likeness (QED) is 0.633. The fourth-order valence-corrected chi connectivity index (χ4v) is 1.73. The number of aromatic carboxylic acids is 1. The summed E-state index contributed by atoms with van der Waals surface area (Å²) in [5.74, 6) is -1.12. The van der Waals surface area contributed by atoms with Gasteiger partial charge in [0.05, 0.1) is 17.5 Å². The van der Waals surface area contributed by atoms with Crippen molar-refractivity contribution < 1.29 is 23.4 Å². The highest BCUT2D eigenvalue weighted by atomic mass is 19.3. The van der Waals surface area contributed by atoms with Crippen molar-refractivity contribution in [2.24, 2.45) is 5.10 Å². The first-order valence-corrected chi connectivity index (χ1v) is 6.23. The fraction of sp³-hybridized carbons (Fsp3) is 0.0667. The van der Waals surface area contributed by atoms with Crippen LogP contribution in [0.25, 0.3) is 0 Å². The standard InChI is InChI=1S/C15H12F2N2O3/c16-15(17)22-13-8-4-1-5-10(13)9-18-19-12-7-3-2-6-11(12)14(20)21/h1-9,15,19H,(H,20,21)/b18-9+. The number of benzene rings is 2. The summed E-state index contributed by atoms with van der Waals surface area (Å²) in [6.45, 7) is -2.93. The number of anilines is 1. The summed E-state index contributed by atoms with van der Waals surface area (Å²) in [5.41, 5.74) is 3.25. The van der Waals surface area contributed by atoms with Gasteiger partial charge in [-0.25, -0.2) is 4.79 Å². The minimum Gasteiger partial charge on any atom is -0.478 e. The predicted octanol–water partition coefficient (Wildman–Crippen LogP) is 3.43. The molecule has 5 nitrogen and oxygen atoms in total. The molecular weight excluding hydrogens is 294 g/mol. The van der Waals surface area contributed by atoms with E-state index in [1.54, 1.807) is 36.4 Å². The number of halogens is 2. The SMILES string of the molecule is O=C(O)c1ccccc1N/N=C/c1ccccc1OC(F)F. The lowest BCUT2D eigenvalue weighted by molar-refractivity contribution is -0.0499. The Morgan fingerprint density at radius 1 is 1.18 bits per heavy atom. The number of para-hydroxylation sites is 2. The van der Waals surface area contributed by atoms with Gasteiger partial charge in [-0.1, -0.05) is 24.3 Å². The van der Waals surface area contributed by atoms with Crippen LogP contribution in [0.1, 0.15) is 15.9 Å². The summed E-state index contributed by atoms with van der Waals surface area (Å²) in [7, 11) is 0. The maximum atomic E-state index is 12.3. The molecule has 114 valence electrons. The highest BCUT2D eigenvalue weighted by Gasteiger charge is 2.09. The van der Waals surface area contributed by atoms with E-state index in [1.165, 1.54) is 18.3 Å². The highest BCUT2D eigenvalue weighted by Crippen LogP contribution is 2.19. The Bertz CT molecular complexity index is 690. The Morgan fingerprint density at radius 2 is 1.86 bits per heavy atom. The molecule has 0 unspecified atom stereocenters. The Labute approximate surface area is 124 Å². The molecule has 0 aliphatic rings. The summed E-state index contributed by atoms with van der Waals surface area (Å²) < 4.78 is 28.9. The van der Waals surface area contributed by atoms with Crippen LogP contribution in [0.2, 0.25) is 0 Å². The second-order valence-corrected chi connectivity index (χ2v) is 4.14. The summed E-state index contributed by atoms with van der Waals surface area (Å²) in [5, 5.41) is 12.9. The molecule has 0 atom stereocenters. The van der Waals surface area contributed by atoms with E-state index in [1.807, 2.05) is 0 Å². The van der Waals surface area contributed by atoms with Crippen molar-refractivity contribution in [2.75, 3.05) is 5.43 Å². The second-order valence-electron chi connectivity index (χ2n) is 4.14.